The van der Waals surface area contributed by atoms with Gasteiger partial charge in [0.05, 0.1) is 20.3 Å². The highest BCUT2D eigenvalue weighted by Crippen LogP contribution is 2.28. The molecule has 0 aromatic heterocycles. The van der Waals surface area contributed by atoms with E-state index in [1.807, 2.05) is 19.1 Å². The van der Waals surface area contributed by atoms with Crippen molar-refractivity contribution in [3.63, 3.8) is 0 Å². The molecule has 0 radical (unpaired) electrons. The van der Waals surface area contributed by atoms with Gasteiger partial charge in [0.15, 0.2) is 11.5 Å². The summed E-state index contributed by atoms with van der Waals surface area (Å²) in [6.07, 6.45) is 2.28. The van der Waals surface area contributed by atoms with E-state index < -0.39 is 0 Å². The zero-order chi connectivity index (χ0) is 14.4. The Morgan fingerprint density at radius 2 is 2.20 bits per heavy atom. The lowest BCUT2D eigenvalue weighted by Gasteiger charge is -2.34. The molecule has 0 amide bonds. The van der Waals surface area contributed by atoms with Gasteiger partial charge in [-0.05, 0) is 44.4 Å². The first-order chi connectivity index (χ1) is 9.67. The van der Waals surface area contributed by atoms with E-state index in [1.165, 1.54) is 5.56 Å². The first kappa shape index (κ1) is 15.1. The van der Waals surface area contributed by atoms with Crippen molar-refractivity contribution in [2.75, 3.05) is 26.9 Å². The van der Waals surface area contributed by atoms with E-state index in [-0.39, 0.29) is 5.54 Å². The van der Waals surface area contributed by atoms with Crippen LogP contribution in [-0.2, 0) is 11.3 Å². The first-order valence-corrected chi connectivity index (χ1v) is 7.29. The number of rotatable bonds is 6. The van der Waals surface area contributed by atoms with Crippen molar-refractivity contribution in [3.05, 3.63) is 23.8 Å². The molecule has 1 aliphatic heterocycles. The molecule has 1 N–H and O–H groups in total. The van der Waals surface area contributed by atoms with Crippen LogP contribution in [0.4, 0.5) is 0 Å². The van der Waals surface area contributed by atoms with Crippen molar-refractivity contribution in [1.29, 1.82) is 0 Å². The smallest absolute Gasteiger partial charge is 0.161 e. The Bertz CT molecular complexity index is 428. The Hall–Kier alpha value is -1.26. The molecule has 20 heavy (non-hydrogen) atoms. The van der Waals surface area contributed by atoms with Crippen LogP contribution in [0.5, 0.6) is 11.5 Å². The first-order valence-electron chi connectivity index (χ1n) is 7.29. The second kappa shape index (κ2) is 6.95. The van der Waals surface area contributed by atoms with E-state index in [2.05, 4.69) is 18.3 Å². The van der Waals surface area contributed by atoms with Gasteiger partial charge in [0.1, 0.15) is 0 Å². The summed E-state index contributed by atoms with van der Waals surface area (Å²) in [5, 5.41) is 3.60. The Morgan fingerprint density at radius 3 is 2.85 bits per heavy atom. The molecule has 1 aromatic carbocycles. The van der Waals surface area contributed by atoms with E-state index in [0.29, 0.717) is 6.61 Å². The summed E-state index contributed by atoms with van der Waals surface area (Å²) in [6, 6.07) is 6.07. The van der Waals surface area contributed by atoms with Crippen molar-refractivity contribution >= 4 is 0 Å². The van der Waals surface area contributed by atoms with Crippen LogP contribution in [-0.4, -0.2) is 32.5 Å². The molecule has 1 unspecified atom stereocenters. The molecule has 1 atom stereocenters. The normalized spacial score (nSPS) is 22.6. The van der Waals surface area contributed by atoms with E-state index in [1.54, 1.807) is 7.11 Å². The van der Waals surface area contributed by atoms with E-state index in [4.69, 9.17) is 14.2 Å². The number of nitrogens with one attached hydrogen (secondary N) is 1. The second-order valence-electron chi connectivity index (χ2n) is 5.49. The van der Waals surface area contributed by atoms with Crippen LogP contribution >= 0.6 is 0 Å². The fraction of sp³-hybridized carbons (Fsp3) is 0.625. The molecule has 1 heterocycles. The fourth-order valence-corrected chi connectivity index (χ4v) is 2.49. The van der Waals surface area contributed by atoms with Crippen LogP contribution in [0.2, 0.25) is 0 Å². The topological polar surface area (TPSA) is 39.7 Å². The molecule has 1 aromatic rings. The Balaban J connectivity index is 2.00. The summed E-state index contributed by atoms with van der Waals surface area (Å²) < 4.78 is 16.5. The quantitative estimate of drug-likeness (QED) is 0.869. The van der Waals surface area contributed by atoms with Crippen molar-refractivity contribution < 1.29 is 14.2 Å². The lowest BCUT2D eigenvalue weighted by Crippen LogP contribution is -2.48. The monoisotopic (exact) mass is 279 g/mol. The van der Waals surface area contributed by atoms with Crippen LogP contribution in [0.25, 0.3) is 0 Å². The average molecular weight is 279 g/mol. The Kier molecular flexibility index (Phi) is 5.26. The van der Waals surface area contributed by atoms with Crippen molar-refractivity contribution in [2.45, 2.75) is 38.8 Å². The van der Waals surface area contributed by atoms with Crippen LogP contribution < -0.4 is 14.8 Å². The molecule has 4 heteroatoms. The zero-order valence-electron chi connectivity index (χ0n) is 12.7. The van der Waals surface area contributed by atoms with Crippen molar-refractivity contribution in [3.8, 4) is 11.5 Å². The lowest BCUT2D eigenvalue weighted by atomic mass is 9.94. The van der Waals surface area contributed by atoms with Crippen molar-refractivity contribution in [1.82, 2.24) is 5.32 Å². The van der Waals surface area contributed by atoms with Crippen LogP contribution in [0, 0.1) is 0 Å². The number of methoxy groups -OCH3 is 1. The highest BCUT2D eigenvalue weighted by Gasteiger charge is 2.26. The van der Waals surface area contributed by atoms with Gasteiger partial charge in [-0.25, -0.2) is 0 Å². The Morgan fingerprint density at radius 1 is 1.35 bits per heavy atom. The van der Waals surface area contributed by atoms with Gasteiger partial charge in [0.2, 0.25) is 0 Å². The maximum absolute atomic E-state index is 5.61. The van der Waals surface area contributed by atoms with Gasteiger partial charge in [-0.2, -0.15) is 0 Å². The number of hydrogen-bond donors (Lipinski definition) is 1. The molecule has 0 spiro atoms. The number of benzene rings is 1. The number of hydrogen-bond acceptors (Lipinski definition) is 4. The standard InChI is InChI=1S/C16H25NO3/c1-4-20-15-10-13(6-7-14(15)18-3)11-17-16(2)8-5-9-19-12-16/h6-7,10,17H,4-5,8-9,11-12H2,1-3H3. The third-order valence-electron chi connectivity index (χ3n) is 3.69. The van der Waals surface area contributed by atoms with Crippen LogP contribution in [0.1, 0.15) is 32.3 Å². The van der Waals surface area contributed by atoms with Gasteiger partial charge in [0, 0.05) is 18.7 Å². The predicted octanol–water partition coefficient (Wildman–Crippen LogP) is 2.75. The minimum atomic E-state index is 0.0734. The SMILES string of the molecule is CCOc1cc(CNC2(C)CCCOC2)ccc1OC. The molecule has 4 nitrogen and oxygen atoms in total. The lowest BCUT2D eigenvalue weighted by molar-refractivity contribution is 0.0278. The highest BCUT2D eigenvalue weighted by molar-refractivity contribution is 5.43. The molecule has 1 aliphatic rings. The summed E-state index contributed by atoms with van der Waals surface area (Å²) >= 11 is 0. The fourth-order valence-electron chi connectivity index (χ4n) is 2.49. The highest BCUT2D eigenvalue weighted by atomic mass is 16.5. The molecule has 0 bridgehead atoms. The van der Waals surface area contributed by atoms with Gasteiger partial charge in [-0.15, -0.1) is 0 Å². The molecular formula is C16H25NO3. The van der Waals surface area contributed by atoms with Gasteiger partial charge in [0.25, 0.3) is 0 Å². The molecular weight excluding hydrogens is 254 g/mol. The molecule has 0 saturated carbocycles. The van der Waals surface area contributed by atoms with E-state index in [9.17, 15) is 0 Å². The van der Waals surface area contributed by atoms with Gasteiger partial charge < -0.3 is 19.5 Å². The number of ether oxygens (including phenoxy) is 3. The predicted molar refractivity (Wildman–Crippen MR) is 79.5 cm³/mol. The third kappa shape index (κ3) is 3.87. The maximum Gasteiger partial charge on any atom is 0.161 e. The van der Waals surface area contributed by atoms with Gasteiger partial charge in [-0.1, -0.05) is 6.07 Å². The maximum atomic E-state index is 5.61. The average Bonchev–Trinajstić information content (AvgIpc) is 2.47. The van der Waals surface area contributed by atoms with E-state index in [0.717, 1.165) is 44.1 Å². The minimum Gasteiger partial charge on any atom is -0.493 e. The molecule has 1 saturated heterocycles. The molecule has 2 rings (SSSR count). The van der Waals surface area contributed by atoms with Crippen LogP contribution in [0.3, 0.4) is 0 Å². The summed E-state index contributed by atoms with van der Waals surface area (Å²) in [5.74, 6) is 1.59. The zero-order valence-corrected chi connectivity index (χ0v) is 12.7. The largest absolute Gasteiger partial charge is 0.493 e. The minimum absolute atomic E-state index is 0.0734. The molecule has 112 valence electrons. The summed E-state index contributed by atoms with van der Waals surface area (Å²) in [5.41, 5.74) is 1.27. The summed E-state index contributed by atoms with van der Waals surface area (Å²) in [6.45, 7) is 7.31. The van der Waals surface area contributed by atoms with Gasteiger partial charge >= 0.3 is 0 Å². The third-order valence-corrected chi connectivity index (χ3v) is 3.69. The Labute approximate surface area is 121 Å². The summed E-state index contributed by atoms with van der Waals surface area (Å²) in [4.78, 5) is 0. The summed E-state index contributed by atoms with van der Waals surface area (Å²) in [7, 11) is 1.66. The van der Waals surface area contributed by atoms with Crippen molar-refractivity contribution in [2.24, 2.45) is 0 Å². The van der Waals surface area contributed by atoms with E-state index >= 15 is 0 Å². The molecule has 1 fully saturated rings. The second-order valence-corrected chi connectivity index (χ2v) is 5.49. The van der Waals surface area contributed by atoms with Crippen LogP contribution in [0.15, 0.2) is 18.2 Å². The molecule has 0 aliphatic carbocycles. The van der Waals surface area contributed by atoms with Gasteiger partial charge in [-0.3, -0.25) is 0 Å².